The molecule has 0 aliphatic rings. The summed E-state index contributed by atoms with van der Waals surface area (Å²) in [4.78, 5) is 0. The summed E-state index contributed by atoms with van der Waals surface area (Å²) in [6.07, 6.45) is 6.82. The Kier molecular flexibility index (Phi) is 4.78. The van der Waals surface area contributed by atoms with Crippen LogP contribution in [0.15, 0.2) is 55.7 Å². The highest BCUT2D eigenvalue weighted by atomic mass is 14.1. The van der Waals surface area contributed by atoms with Gasteiger partial charge in [0.15, 0.2) is 0 Å². The van der Waals surface area contributed by atoms with Gasteiger partial charge in [-0.05, 0) is 29.0 Å². The minimum atomic E-state index is 0.606. The zero-order chi connectivity index (χ0) is 12.0. The Balaban J connectivity index is 3.10. The number of allylic oxidation sites excluding steroid dienone is 4. The van der Waals surface area contributed by atoms with Crippen LogP contribution < -0.4 is 0 Å². The molecule has 0 aliphatic carbocycles. The maximum Gasteiger partial charge on any atom is -0.0181 e. The van der Waals surface area contributed by atoms with Gasteiger partial charge in [0, 0.05) is 0 Å². The molecule has 0 aliphatic heterocycles. The fourth-order valence-corrected chi connectivity index (χ4v) is 1.67. The summed E-state index contributed by atoms with van der Waals surface area (Å²) in [5.41, 5.74) is 3.73. The Bertz CT molecular complexity index is 396. The normalized spacial score (nSPS) is 13.2. The summed E-state index contributed by atoms with van der Waals surface area (Å²) in [5.74, 6) is 0.606. The van der Waals surface area contributed by atoms with Gasteiger partial charge in [0.05, 0.1) is 0 Å². The van der Waals surface area contributed by atoms with Crippen LogP contribution in [0.5, 0.6) is 0 Å². The van der Waals surface area contributed by atoms with Crippen molar-refractivity contribution in [3.63, 3.8) is 0 Å². The van der Waals surface area contributed by atoms with Gasteiger partial charge >= 0.3 is 0 Å². The van der Waals surface area contributed by atoms with Crippen LogP contribution in [0.3, 0.4) is 0 Å². The van der Waals surface area contributed by atoms with Gasteiger partial charge in [-0.3, -0.25) is 0 Å². The summed E-state index contributed by atoms with van der Waals surface area (Å²) < 4.78 is 0. The van der Waals surface area contributed by atoms with Crippen molar-refractivity contribution < 1.29 is 0 Å². The molecule has 16 heavy (non-hydrogen) atoms. The third-order valence-electron chi connectivity index (χ3n) is 2.92. The second-order valence-corrected chi connectivity index (χ2v) is 4.00. The molecule has 0 radical (unpaired) electrons. The van der Waals surface area contributed by atoms with E-state index in [9.17, 15) is 0 Å². The molecule has 0 aromatic heterocycles. The van der Waals surface area contributed by atoms with Crippen LogP contribution in [0.4, 0.5) is 0 Å². The third-order valence-corrected chi connectivity index (χ3v) is 2.92. The van der Waals surface area contributed by atoms with Crippen LogP contribution in [-0.4, -0.2) is 0 Å². The molecule has 0 fully saturated rings. The fraction of sp³-hybridized carbons (Fsp3) is 0.250. The Labute approximate surface area is 99.0 Å². The van der Waals surface area contributed by atoms with Crippen molar-refractivity contribution in [2.24, 2.45) is 0 Å². The Hall–Kier alpha value is -1.56. The molecule has 1 rings (SSSR count). The zero-order valence-electron chi connectivity index (χ0n) is 10.2. The maximum atomic E-state index is 3.83. The molecule has 0 spiro atoms. The van der Waals surface area contributed by atoms with Gasteiger partial charge in [-0.25, -0.2) is 0 Å². The summed E-state index contributed by atoms with van der Waals surface area (Å²) in [7, 11) is 0. The van der Waals surface area contributed by atoms with Crippen LogP contribution >= 0.6 is 0 Å². The van der Waals surface area contributed by atoms with Crippen molar-refractivity contribution in [3.05, 3.63) is 66.8 Å². The highest BCUT2D eigenvalue weighted by Gasteiger charge is 2.04. The summed E-state index contributed by atoms with van der Waals surface area (Å²) >= 11 is 0. The lowest BCUT2D eigenvalue weighted by atomic mass is 9.94. The molecule has 1 aromatic rings. The van der Waals surface area contributed by atoms with Crippen LogP contribution in [0.2, 0.25) is 0 Å². The van der Waals surface area contributed by atoms with Crippen LogP contribution in [0, 0.1) is 0 Å². The monoisotopic (exact) mass is 212 g/mol. The molecule has 0 nitrogen and oxygen atoms in total. The minimum absolute atomic E-state index is 0.606. The Morgan fingerprint density at radius 3 is 2.69 bits per heavy atom. The van der Waals surface area contributed by atoms with Crippen LogP contribution in [-0.2, 0) is 0 Å². The van der Waals surface area contributed by atoms with Crippen molar-refractivity contribution >= 4 is 5.57 Å². The quantitative estimate of drug-likeness (QED) is 0.605. The largest absolute Gasteiger partial charge is 0.0990 e. The standard InChI is InChI=1S/C16H20/c1-5-9-14(7-3)16-11-8-10-15(12-16)13(4)6-2/h5,7-13H,1,3,6H2,2,4H3/b14-9+. The van der Waals surface area contributed by atoms with E-state index in [1.165, 1.54) is 11.1 Å². The summed E-state index contributed by atoms with van der Waals surface area (Å²) in [5, 5.41) is 0. The van der Waals surface area contributed by atoms with Crippen LogP contribution in [0.1, 0.15) is 37.3 Å². The molecule has 0 heteroatoms. The van der Waals surface area contributed by atoms with Crippen LogP contribution in [0.25, 0.3) is 5.57 Å². The Morgan fingerprint density at radius 2 is 2.12 bits per heavy atom. The molecule has 84 valence electrons. The van der Waals surface area contributed by atoms with Gasteiger partial charge in [-0.15, -0.1) is 0 Å². The van der Waals surface area contributed by atoms with E-state index in [0.717, 1.165) is 12.0 Å². The summed E-state index contributed by atoms with van der Waals surface area (Å²) in [6.45, 7) is 12.0. The summed E-state index contributed by atoms with van der Waals surface area (Å²) in [6, 6.07) is 8.65. The smallest absolute Gasteiger partial charge is 0.0181 e. The SMILES string of the molecule is C=C/C=C(\C=C)c1cccc(C(C)CC)c1. The van der Waals surface area contributed by atoms with Gasteiger partial charge in [0.2, 0.25) is 0 Å². The van der Waals surface area contributed by atoms with E-state index in [4.69, 9.17) is 0 Å². The zero-order valence-corrected chi connectivity index (χ0v) is 10.2. The first kappa shape index (κ1) is 12.5. The van der Waals surface area contributed by atoms with Gasteiger partial charge in [-0.2, -0.15) is 0 Å². The highest BCUT2D eigenvalue weighted by Crippen LogP contribution is 2.23. The fourth-order valence-electron chi connectivity index (χ4n) is 1.67. The minimum Gasteiger partial charge on any atom is -0.0990 e. The number of hydrogen-bond donors (Lipinski definition) is 0. The van der Waals surface area contributed by atoms with E-state index in [1.807, 2.05) is 12.2 Å². The van der Waals surface area contributed by atoms with Crippen molar-refractivity contribution in [2.45, 2.75) is 26.2 Å². The van der Waals surface area contributed by atoms with Gasteiger partial charge in [-0.1, -0.05) is 69.5 Å². The molecule has 0 amide bonds. The predicted molar refractivity (Wildman–Crippen MR) is 73.5 cm³/mol. The molecule has 1 atom stereocenters. The number of hydrogen-bond acceptors (Lipinski definition) is 0. The van der Waals surface area contributed by atoms with Crippen molar-refractivity contribution in [1.82, 2.24) is 0 Å². The maximum absolute atomic E-state index is 3.83. The second-order valence-electron chi connectivity index (χ2n) is 4.00. The van der Waals surface area contributed by atoms with Crippen molar-refractivity contribution in [2.75, 3.05) is 0 Å². The molecule has 0 saturated carbocycles. The number of benzene rings is 1. The second kappa shape index (κ2) is 6.12. The lowest BCUT2D eigenvalue weighted by Crippen LogP contribution is -1.92. The molecule has 0 heterocycles. The van der Waals surface area contributed by atoms with Crippen molar-refractivity contribution in [3.8, 4) is 0 Å². The average Bonchev–Trinajstić information content (AvgIpc) is 2.35. The van der Waals surface area contributed by atoms with E-state index in [-0.39, 0.29) is 0 Å². The Morgan fingerprint density at radius 1 is 1.38 bits per heavy atom. The molecule has 1 unspecified atom stereocenters. The molecule has 0 N–H and O–H groups in total. The first-order chi connectivity index (χ1) is 7.72. The van der Waals surface area contributed by atoms with E-state index in [1.54, 1.807) is 6.08 Å². The van der Waals surface area contributed by atoms with E-state index in [2.05, 4.69) is 51.3 Å². The first-order valence-corrected chi connectivity index (χ1v) is 5.78. The lowest BCUT2D eigenvalue weighted by Gasteiger charge is -2.11. The molecule has 1 aromatic carbocycles. The predicted octanol–water partition coefficient (Wildman–Crippen LogP) is 4.96. The lowest BCUT2D eigenvalue weighted by molar-refractivity contribution is 0.733. The van der Waals surface area contributed by atoms with Gasteiger partial charge in [0.1, 0.15) is 0 Å². The van der Waals surface area contributed by atoms with E-state index < -0.39 is 0 Å². The van der Waals surface area contributed by atoms with Gasteiger partial charge < -0.3 is 0 Å². The molecular formula is C16H20. The average molecular weight is 212 g/mol. The topological polar surface area (TPSA) is 0 Å². The van der Waals surface area contributed by atoms with E-state index in [0.29, 0.717) is 5.92 Å². The third kappa shape index (κ3) is 2.96. The molecule has 0 saturated heterocycles. The highest BCUT2D eigenvalue weighted by molar-refractivity contribution is 5.74. The van der Waals surface area contributed by atoms with Gasteiger partial charge in [0.25, 0.3) is 0 Å². The molecular weight excluding hydrogens is 192 g/mol. The van der Waals surface area contributed by atoms with Crippen molar-refractivity contribution in [1.29, 1.82) is 0 Å². The van der Waals surface area contributed by atoms with E-state index >= 15 is 0 Å². The number of rotatable bonds is 5. The molecule has 0 bridgehead atoms. The first-order valence-electron chi connectivity index (χ1n) is 5.78.